The number of aromatic nitrogens is 2. The van der Waals surface area contributed by atoms with Gasteiger partial charge in [-0.1, -0.05) is 21.1 Å². The average Bonchev–Trinajstić information content (AvgIpc) is 3.07. The number of rotatable bonds is 4. The van der Waals surface area contributed by atoms with Gasteiger partial charge in [0, 0.05) is 16.9 Å². The van der Waals surface area contributed by atoms with Gasteiger partial charge in [0.15, 0.2) is 5.82 Å². The lowest BCUT2D eigenvalue weighted by Crippen LogP contribution is -2.30. The van der Waals surface area contributed by atoms with Crippen molar-refractivity contribution < 1.29 is 12.9 Å². The zero-order chi connectivity index (χ0) is 16.0. The fourth-order valence-corrected chi connectivity index (χ4v) is 4.82. The van der Waals surface area contributed by atoms with Crippen LogP contribution >= 0.6 is 15.9 Å². The van der Waals surface area contributed by atoms with Crippen LogP contribution in [0, 0.1) is 0 Å². The van der Waals surface area contributed by atoms with E-state index >= 15 is 0 Å². The van der Waals surface area contributed by atoms with Gasteiger partial charge in [0.1, 0.15) is 6.04 Å². The maximum Gasteiger partial charge on any atom is 0.245 e. The minimum Gasteiger partial charge on any atom is -0.338 e. The maximum absolute atomic E-state index is 12.9. The molecule has 4 rings (SSSR count). The van der Waals surface area contributed by atoms with E-state index in [-0.39, 0.29) is 10.9 Å². The van der Waals surface area contributed by atoms with Crippen molar-refractivity contribution in [3.63, 3.8) is 0 Å². The molecular formula is C15H16BrN3O3S. The van der Waals surface area contributed by atoms with Crippen molar-refractivity contribution in [2.75, 3.05) is 6.54 Å². The van der Waals surface area contributed by atoms with Crippen LogP contribution in [0.25, 0.3) is 0 Å². The van der Waals surface area contributed by atoms with Crippen molar-refractivity contribution in [3.8, 4) is 0 Å². The number of hydrogen-bond donors (Lipinski definition) is 0. The molecule has 2 heterocycles. The topological polar surface area (TPSA) is 76.3 Å². The molecule has 122 valence electrons. The van der Waals surface area contributed by atoms with Crippen molar-refractivity contribution in [2.45, 2.75) is 42.5 Å². The van der Waals surface area contributed by atoms with E-state index in [1.807, 2.05) is 0 Å². The Morgan fingerprint density at radius 1 is 1.17 bits per heavy atom. The van der Waals surface area contributed by atoms with Crippen molar-refractivity contribution in [3.05, 3.63) is 40.5 Å². The average molecular weight is 398 g/mol. The first-order valence-electron chi connectivity index (χ1n) is 7.66. The Morgan fingerprint density at radius 2 is 1.91 bits per heavy atom. The molecule has 1 aliphatic heterocycles. The molecule has 1 unspecified atom stereocenters. The normalized spacial score (nSPS) is 22.6. The summed E-state index contributed by atoms with van der Waals surface area (Å²) in [7, 11) is -3.56. The molecule has 1 atom stereocenters. The van der Waals surface area contributed by atoms with Gasteiger partial charge < -0.3 is 4.52 Å². The quantitative estimate of drug-likeness (QED) is 0.791. The van der Waals surface area contributed by atoms with Crippen LogP contribution in [0.15, 0.2) is 38.2 Å². The molecule has 0 radical (unpaired) electrons. The maximum atomic E-state index is 12.9. The van der Waals surface area contributed by atoms with Crippen molar-refractivity contribution in [1.29, 1.82) is 0 Å². The minimum absolute atomic E-state index is 0.287. The summed E-state index contributed by atoms with van der Waals surface area (Å²) in [6, 6.07) is 6.32. The van der Waals surface area contributed by atoms with Crippen LogP contribution in [0.4, 0.5) is 0 Å². The summed E-state index contributed by atoms with van der Waals surface area (Å²) in [4.78, 5) is 4.72. The van der Waals surface area contributed by atoms with Crippen LogP contribution < -0.4 is 0 Å². The standard InChI is InChI=1S/C15H16BrN3O3S/c16-11-5-7-12(8-6-11)23(20,21)19-9-1-2-13(19)15-17-14(18-22-15)10-3-4-10/h5-8,10,13H,1-4,9H2. The number of benzene rings is 1. The van der Waals surface area contributed by atoms with E-state index in [1.54, 1.807) is 24.3 Å². The summed E-state index contributed by atoms with van der Waals surface area (Å²) in [5.74, 6) is 1.53. The highest BCUT2D eigenvalue weighted by molar-refractivity contribution is 9.10. The molecular weight excluding hydrogens is 382 g/mol. The zero-order valence-corrected chi connectivity index (χ0v) is 14.8. The summed E-state index contributed by atoms with van der Waals surface area (Å²) in [5.41, 5.74) is 0. The van der Waals surface area contributed by atoms with Gasteiger partial charge in [-0.3, -0.25) is 0 Å². The highest BCUT2D eigenvalue weighted by Gasteiger charge is 2.40. The van der Waals surface area contributed by atoms with Gasteiger partial charge in [-0.15, -0.1) is 0 Å². The van der Waals surface area contributed by atoms with Gasteiger partial charge in [-0.05, 0) is 49.9 Å². The number of halogens is 1. The van der Waals surface area contributed by atoms with Gasteiger partial charge in [0.2, 0.25) is 15.9 Å². The van der Waals surface area contributed by atoms with Crippen molar-refractivity contribution in [1.82, 2.24) is 14.4 Å². The van der Waals surface area contributed by atoms with Gasteiger partial charge in [0.25, 0.3) is 0 Å². The summed E-state index contributed by atoms with van der Waals surface area (Å²) in [6.07, 6.45) is 3.68. The molecule has 0 spiro atoms. The van der Waals surface area contributed by atoms with Crippen LogP contribution in [0.1, 0.15) is 49.4 Å². The van der Waals surface area contributed by atoms with E-state index in [9.17, 15) is 8.42 Å². The summed E-state index contributed by atoms with van der Waals surface area (Å²) in [5, 5.41) is 4.01. The Morgan fingerprint density at radius 3 is 2.61 bits per heavy atom. The van der Waals surface area contributed by atoms with Crippen LogP contribution in [-0.4, -0.2) is 29.4 Å². The van der Waals surface area contributed by atoms with E-state index in [0.29, 0.717) is 30.6 Å². The summed E-state index contributed by atoms with van der Waals surface area (Å²) < 4.78 is 33.5. The van der Waals surface area contributed by atoms with E-state index in [1.165, 1.54) is 4.31 Å². The number of nitrogens with zero attached hydrogens (tertiary/aromatic N) is 3. The molecule has 2 fully saturated rings. The fraction of sp³-hybridized carbons (Fsp3) is 0.467. The predicted molar refractivity (Wildman–Crippen MR) is 86.3 cm³/mol. The van der Waals surface area contributed by atoms with Crippen LogP contribution in [-0.2, 0) is 10.0 Å². The summed E-state index contributed by atoms with van der Waals surface area (Å²) in [6.45, 7) is 0.476. The second kappa shape index (κ2) is 5.68. The molecule has 1 aromatic heterocycles. The molecule has 2 aliphatic rings. The SMILES string of the molecule is O=S(=O)(c1ccc(Br)cc1)N1CCCC1c1nc(C2CC2)no1. The first-order chi connectivity index (χ1) is 11.1. The van der Waals surface area contributed by atoms with E-state index in [0.717, 1.165) is 23.7 Å². The third-order valence-corrected chi connectivity index (χ3v) is 6.76. The lowest BCUT2D eigenvalue weighted by Gasteiger charge is -2.21. The monoisotopic (exact) mass is 397 g/mol. The zero-order valence-electron chi connectivity index (χ0n) is 12.4. The van der Waals surface area contributed by atoms with Crippen molar-refractivity contribution >= 4 is 26.0 Å². The minimum atomic E-state index is -3.56. The lowest BCUT2D eigenvalue weighted by atomic mass is 10.2. The molecule has 6 nitrogen and oxygen atoms in total. The second-order valence-electron chi connectivity index (χ2n) is 5.99. The first kappa shape index (κ1) is 15.3. The Hall–Kier alpha value is -1.25. The Balaban J connectivity index is 1.64. The lowest BCUT2D eigenvalue weighted by molar-refractivity contribution is 0.289. The fourth-order valence-electron chi connectivity index (χ4n) is 2.91. The molecule has 1 aliphatic carbocycles. The van der Waals surface area contributed by atoms with Gasteiger partial charge in [-0.25, -0.2) is 8.42 Å². The third-order valence-electron chi connectivity index (χ3n) is 4.31. The molecule has 0 N–H and O–H groups in total. The van der Waals surface area contributed by atoms with Crippen molar-refractivity contribution in [2.24, 2.45) is 0 Å². The second-order valence-corrected chi connectivity index (χ2v) is 8.80. The Labute approximate surface area is 143 Å². The van der Waals surface area contributed by atoms with Crippen LogP contribution in [0.5, 0.6) is 0 Å². The van der Waals surface area contributed by atoms with Gasteiger partial charge in [0.05, 0.1) is 4.90 Å². The smallest absolute Gasteiger partial charge is 0.245 e. The highest BCUT2D eigenvalue weighted by atomic mass is 79.9. The van der Waals surface area contributed by atoms with E-state index in [2.05, 4.69) is 26.1 Å². The third kappa shape index (κ3) is 2.83. The van der Waals surface area contributed by atoms with E-state index in [4.69, 9.17) is 4.52 Å². The molecule has 8 heteroatoms. The van der Waals surface area contributed by atoms with Crippen LogP contribution in [0.2, 0.25) is 0 Å². The van der Waals surface area contributed by atoms with Gasteiger partial charge >= 0.3 is 0 Å². The van der Waals surface area contributed by atoms with Gasteiger partial charge in [-0.2, -0.15) is 9.29 Å². The Bertz CT molecular complexity index is 815. The van der Waals surface area contributed by atoms with Crippen LogP contribution in [0.3, 0.4) is 0 Å². The highest BCUT2D eigenvalue weighted by Crippen LogP contribution is 2.40. The molecule has 23 heavy (non-hydrogen) atoms. The molecule has 1 saturated carbocycles. The number of sulfonamides is 1. The summed E-state index contributed by atoms with van der Waals surface area (Å²) >= 11 is 3.32. The first-order valence-corrected chi connectivity index (χ1v) is 9.90. The largest absolute Gasteiger partial charge is 0.338 e. The van der Waals surface area contributed by atoms with E-state index < -0.39 is 10.0 Å². The number of hydrogen-bond acceptors (Lipinski definition) is 5. The Kier molecular flexibility index (Phi) is 3.78. The predicted octanol–water partition coefficient (Wildman–Crippen LogP) is 3.24. The molecule has 0 amide bonds. The molecule has 2 aromatic rings. The molecule has 0 bridgehead atoms. The molecule has 1 saturated heterocycles. The molecule has 1 aromatic carbocycles.